The van der Waals surface area contributed by atoms with E-state index in [2.05, 4.69) is 138 Å². The van der Waals surface area contributed by atoms with Gasteiger partial charge in [-0.3, -0.25) is 0 Å². The second kappa shape index (κ2) is 10.9. The Morgan fingerprint density at radius 3 is 1.53 bits per heavy atom. The van der Waals surface area contributed by atoms with Gasteiger partial charge in [-0.2, -0.15) is 0 Å². The number of hydrogen-bond donors (Lipinski definition) is 0. The van der Waals surface area contributed by atoms with Crippen molar-refractivity contribution in [2.75, 3.05) is 27.2 Å². The predicted octanol–water partition coefficient (Wildman–Crippen LogP) is 4.57. The average Bonchev–Trinajstić information content (AvgIpc) is 3.19. The van der Waals surface area contributed by atoms with Crippen molar-refractivity contribution >= 4 is 44.2 Å². The minimum absolute atomic E-state index is 0.398. The fourth-order valence-corrected chi connectivity index (χ4v) is 22.5. The zero-order valence-electron chi connectivity index (χ0n) is 22.3. The van der Waals surface area contributed by atoms with E-state index in [-0.39, 0.29) is 0 Å². The summed E-state index contributed by atoms with van der Waals surface area (Å²) in [5.41, 5.74) is 3.27. The molecule has 2 fully saturated rings. The van der Waals surface area contributed by atoms with Crippen LogP contribution in [-0.2, 0) is 0 Å². The van der Waals surface area contributed by atoms with Crippen LogP contribution in [0.3, 0.4) is 0 Å². The van der Waals surface area contributed by atoms with E-state index < -0.39 is 26.5 Å². The van der Waals surface area contributed by atoms with Crippen molar-refractivity contribution in [1.82, 2.24) is 9.62 Å². The van der Waals surface area contributed by atoms with Gasteiger partial charge < -0.3 is 0 Å². The van der Waals surface area contributed by atoms with Gasteiger partial charge in [0.15, 0.2) is 0 Å². The van der Waals surface area contributed by atoms with Gasteiger partial charge in [-0.15, -0.1) is 0 Å². The first-order valence-corrected chi connectivity index (χ1v) is 22.7. The van der Waals surface area contributed by atoms with Gasteiger partial charge in [-0.1, -0.05) is 0 Å². The molecule has 184 valence electrons. The molecule has 0 aromatic heterocycles. The maximum absolute atomic E-state index is 3.46. The van der Waals surface area contributed by atoms with Crippen LogP contribution >= 0.6 is 0 Å². The third-order valence-corrected chi connectivity index (χ3v) is 23.7. The monoisotopic (exact) mass is 598 g/mol. The summed E-state index contributed by atoms with van der Waals surface area (Å²) >= 11 is -3.46. The number of hydrogen-bond acceptors (Lipinski definition) is 2. The van der Waals surface area contributed by atoms with E-state index >= 15 is 0 Å². The van der Waals surface area contributed by atoms with Crippen molar-refractivity contribution < 1.29 is 0 Å². The first-order chi connectivity index (χ1) is 17.4. The van der Waals surface area contributed by atoms with Crippen LogP contribution < -0.4 is 10.7 Å². The molecule has 0 atom stereocenters. The number of nitrogens with zero attached hydrogens (tertiary/aromatic N) is 2. The molecule has 0 saturated carbocycles. The average molecular weight is 597 g/mol. The third-order valence-electron chi connectivity index (χ3n) is 8.10. The summed E-state index contributed by atoms with van der Waals surface area (Å²) in [5, 5.41) is 0. The van der Waals surface area contributed by atoms with E-state index in [1.807, 2.05) is 0 Å². The van der Waals surface area contributed by atoms with Crippen LogP contribution in [0.15, 0.2) is 112 Å². The van der Waals surface area contributed by atoms with E-state index in [0.717, 1.165) is 0 Å². The quantitative estimate of drug-likeness (QED) is 0.398. The molecule has 3 aromatic rings. The Balaban J connectivity index is 1.75. The summed E-state index contributed by atoms with van der Waals surface area (Å²) < 4.78 is 7.46. The number of allylic oxidation sites excluding steroid dienone is 2. The molecule has 0 amide bonds. The predicted molar refractivity (Wildman–Crippen MR) is 163 cm³/mol. The Morgan fingerprint density at radius 2 is 1.08 bits per heavy atom. The van der Waals surface area contributed by atoms with Crippen LogP contribution in [0.5, 0.6) is 0 Å². The molecular weight excluding hydrogens is 558 g/mol. The summed E-state index contributed by atoms with van der Waals surface area (Å²) in [5.74, 6) is 2.63. The SMILES string of the molecule is CN1CCCN(C)B1C=C1C[Si](C)(C)CC1=[CH][Sn]([c]1ccccc1)([c]1ccccc1)[c]1ccccc1. The normalized spacial score (nSPS) is 21.4. The molecule has 5 heteroatoms. The van der Waals surface area contributed by atoms with Crippen LogP contribution in [0.1, 0.15) is 6.42 Å². The van der Waals surface area contributed by atoms with Crippen LogP contribution in [0.25, 0.3) is 0 Å². The standard InChI is InChI=1S/C13H24BN2Si.3C6H5.Sn/c1-12-10-17(4,5)11-13(12)9-14-15(2)7-6-8-16(14)3;3*1-2-4-6-5-3-1;/h1,9H,6-8,10-11H2,2-5H3;3*1-5H;. The Hall–Kier alpha value is -1.86. The van der Waals surface area contributed by atoms with E-state index in [1.165, 1.54) is 42.3 Å². The van der Waals surface area contributed by atoms with Crippen LogP contribution in [0, 0.1) is 0 Å². The molecular formula is C31H39BN2SiSn. The molecule has 0 aliphatic carbocycles. The van der Waals surface area contributed by atoms with E-state index in [0.29, 0.717) is 6.98 Å². The molecule has 2 nitrogen and oxygen atoms in total. The number of benzene rings is 3. The van der Waals surface area contributed by atoms with Crippen LogP contribution in [0.2, 0.25) is 25.2 Å². The van der Waals surface area contributed by atoms with Crippen LogP contribution in [0.4, 0.5) is 0 Å². The fourth-order valence-electron chi connectivity index (χ4n) is 6.35. The van der Waals surface area contributed by atoms with Crippen LogP contribution in [-0.4, -0.2) is 70.2 Å². The molecule has 0 N–H and O–H groups in total. The fraction of sp³-hybridized carbons (Fsp3) is 0.290. The van der Waals surface area contributed by atoms with Crippen molar-refractivity contribution in [3.8, 4) is 0 Å². The number of rotatable bonds is 5. The Labute approximate surface area is 223 Å². The van der Waals surface area contributed by atoms with Gasteiger partial charge in [-0.25, -0.2) is 0 Å². The van der Waals surface area contributed by atoms with Gasteiger partial charge in [0.25, 0.3) is 0 Å². The molecule has 0 bridgehead atoms. The van der Waals surface area contributed by atoms with E-state index in [9.17, 15) is 0 Å². The van der Waals surface area contributed by atoms with Crippen molar-refractivity contribution in [3.05, 3.63) is 112 Å². The third kappa shape index (κ3) is 5.24. The topological polar surface area (TPSA) is 6.48 Å². The molecule has 0 radical (unpaired) electrons. The second-order valence-corrected chi connectivity index (χ2v) is 26.9. The molecule has 5 rings (SSSR count). The zero-order chi connectivity index (χ0) is 25.2. The first kappa shape index (κ1) is 25.8. The van der Waals surface area contributed by atoms with Gasteiger partial charge in [0, 0.05) is 0 Å². The van der Waals surface area contributed by atoms with E-state index in [4.69, 9.17) is 0 Å². The Morgan fingerprint density at radius 1 is 0.667 bits per heavy atom. The summed E-state index contributed by atoms with van der Waals surface area (Å²) in [6.45, 7) is 7.93. The molecule has 2 saturated heterocycles. The summed E-state index contributed by atoms with van der Waals surface area (Å²) in [7, 11) is 3.25. The molecule has 36 heavy (non-hydrogen) atoms. The zero-order valence-corrected chi connectivity index (χ0v) is 26.2. The summed E-state index contributed by atoms with van der Waals surface area (Å²) in [4.78, 5) is 5.06. The Kier molecular flexibility index (Phi) is 7.78. The Bertz CT molecular complexity index is 1120. The van der Waals surface area contributed by atoms with Crippen molar-refractivity contribution in [2.45, 2.75) is 31.6 Å². The molecule has 0 spiro atoms. The van der Waals surface area contributed by atoms with Crippen molar-refractivity contribution in [1.29, 1.82) is 0 Å². The van der Waals surface area contributed by atoms with Gasteiger partial charge in [0.05, 0.1) is 0 Å². The van der Waals surface area contributed by atoms with Gasteiger partial charge >= 0.3 is 225 Å². The first-order valence-electron chi connectivity index (χ1n) is 13.4. The molecule has 3 aromatic carbocycles. The second-order valence-electron chi connectivity index (χ2n) is 11.5. The van der Waals surface area contributed by atoms with Gasteiger partial charge in [0.2, 0.25) is 0 Å². The molecule has 0 unspecified atom stereocenters. The van der Waals surface area contributed by atoms with Gasteiger partial charge in [0.1, 0.15) is 0 Å². The summed E-state index contributed by atoms with van der Waals surface area (Å²) in [6, 6.07) is 36.9. The van der Waals surface area contributed by atoms with Crippen molar-refractivity contribution in [3.63, 3.8) is 0 Å². The minimum atomic E-state index is -3.46. The summed E-state index contributed by atoms with van der Waals surface area (Å²) in [6.07, 6.45) is 1.26. The van der Waals surface area contributed by atoms with E-state index in [1.54, 1.807) is 11.1 Å². The van der Waals surface area contributed by atoms with Gasteiger partial charge in [-0.05, 0) is 0 Å². The molecule has 2 heterocycles. The molecule has 2 aliphatic heterocycles. The molecule has 2 aliphatic rings. The van der Waals surface area contributed by atoms with Crippen molar-refractivity contribution in [2.24, 2.45) is 0 Å². The maximum atomic E-state index is 2.85.